The molecule has 9 unspecified atom stereocenters. The summed E-state index contributed by atoms with van der Waals surface area (Å²) < 4.78 is 13.2. The van der Waals surface area contributed by atoms with Gasteiger partial charge in [0.25, 0.3) is 0 Å². The van der Waals surface area contributed by atoms with Crippen molar-refractivity contribution in [3.63, 3.8) is 0 Å². The van der Waals surface area contributed by atoms with Crippen LogP contribution < -0.4 is 0 Å². The van der Waals surface area contributed by atoms with Crippen molar-refractivity contribution in [1.82, 2.24) is 0 Å². The highest BCUT2D eigenvalue weighted by molar-refractivity contribution is 6.70. The molecule has 3 fully saturated rings. The van der Waals surface area contributed by atoms with E-state index in [0.717, 1.165) is 29.6 Å². The van der Waals surface area contributed by atoms with Gasteiger partial charge in [-0.25, -0.2) is 0 Å². The zero-order valence-electron chi connectivity index (χ0n) is 26.6. The number of hydrogen-bond donors (Lipinski definition) is 0. The highest BCUT2D eigenvalue weighted by Gasteiger charge is 2.59. The molecule has 0 N–H and O–H groups in total. The minimum atomic E-state index is -1.50. The van der Waals surface area contributed by atoms with Crippen LogP contribution in [0.5, 0.6) is 0 Å². The Morgan fingerprint density at radius 1 is 0.865 bits per heavy atom. The standard InChI is InChI=1S/C33H62O2Si2/c1-23(2)31(35-37(9,10)11)17-12-24(3)28-15-16-29-27-14-13-25-22-26(34-36(6,7)8)18-20-32(25,4)30(27)19-21-33(28,29)5/h13,23-24,26-31H,12,14-22H2,1-11H3. The van der Waals surface area contributed by atoms with Crippen molar-refractivity contribution in [2.45, 2.75) is 150 Å². The fourth-order valence-corrected chi connectivity index (χ4v) is 12.3. The Balaban J connectivity index is 1.43. The summed E-state index contributed by atoms with van der Waals surface area (Å²) in [5, 5.41) is 0. The molecular formula is C33H62O2Si2. The van der Waals surface area contributed by atoms with Crippen molar-refractivity contribution >= 4 is 16.6 Å². The molecule has 0 bridgehead atoms. The third kappa shape index (κ3) is 6.38. The van der Waals surface area contributed by atoms with Crippen molar-refractivity contribution < 1.29 is 8.85 Å². The third-order valence-electron chi connectivity index (χ3n) is 11.5. The molecule has 4 aliphatic carbocycles. The van der Waals surface area contributed by atoms with Gasteiger partial charge >= 0.3 is 0 Å². The number of rotatable bonds is 9. The van der Waals surface area contributed by atoms with E-state index in [2.05, 4.69) is 80.0 Å². The Morgan fingerprint density at radius 3 is 2.19 bits per heavy atom. The lowest BCUT2D eigenvalue weighted by Gasteiger charge is -2.58. The summed E-state index contributed by atoms with van der Waals surface area (Å²) in [6.45, 7) is 26.8. The van der Waals surface area contributed by atoms with Crippen LogP contribution in [0.3, 0.4) is 0 Å². The fraction of sp³-hybridized carbons (Fsp3) is 0.939. The number of fused-ring (bicyclic) bond motifs is 5. The van der Waals surface area contributed by atoms with Gasteiger partial charge in [0.15, 0.2) is 16.6 Å². The molecule has 0 radical (unpaired) electrons. The van der Waals surface area contributed by atoms with Crippen LogP contribution in [0.4, 0.5) is 0 Å². The predicted octanol–water partition coefficient (Wildman–Crippen LogP) is 10.1. The summed E-state index contributed by atoms with van der Waals surface area (Å²) >= 11 is 0. The van der Waals surface area contributed by atoms with E-state index in [0.29, 0.717) is 29.0 Å². The Kier molecular flexibility index (Phi) is 8.79. The Labute approximate surface area is 233 Å². The van der Waals surface area contributed by atoms with E-state index in [1.807, 2.05) is 0 Å². The predicted molar refractivity (Wildman–Crippen MR) is 165 cm³/mol. The molecule has 0 aromatic rings. The first-order valence-electron chi connectivity index (χ1n) is 16.1. The molecule has 0 aromatic carbocycles. The molecule has 37 heavy (non-hydrogen) atoms. The van der Waals surface area contributed by atoms with Crippen LogP contribution >= 0.6 is 0 Å². The lowest BCUT2D eigenvalue weighted by Crippen LogP contribution is -2.51. The van der Waals surface area contributed by atoms with Gasteiger partial charge < -0.3 is 8.85 Å². The zero-order valence-corrected chi connectivity index (χ0v) is 28.6. The van der Waals surface area contributed by atoms with Gasteiger partial charge in [0.05, 0.1) is 0 Å². The summed E-state index contributed by atoms with van der Waals surface area (Å²) in [5.74, 6) is 5.09. The Morgan fingerprint density at radius 2 is 1.57 bits per heavy atom. The first-order valence-corrected chi connectivity index (χ1v) is 22.9. The molecule has 4 aliphatic rings. The van der Waals surface area contributed by atoms with Gasteiger partial charge in [-0.05, 0) is 150 Å². The minimum absolute atomic E-state index is 0.436. The van der Waals surface area contributed by atoms with Crippen molar-refractivity contribution in [3.05, 3.63) is 11.6 Å². The first-order chi connectivity index (χ1) is 17.0. The second kappa shape index (κ2) is 10.8. The maximum Gasteiger partial charge on any atom is 0.184 e. The fourth-order valence-electron chi connectivity index (χ4n) is 9.81. The second-order valence-electron chi connectivity index (χ2n) is 16.7. The van der Waals surface area contributed by atoms with Crippen molar-refractivity contribution in [2.75, 3.05) is 0 Å². The third-order valence-corrected chi connectivity index (χ3v) is 13.5. The Bertz CT molecular complexity index is 823. The molecule has 0 spiro atoms. The topological polar surface area (TPSA) is 18.5 Å². The highest BCUT2D eigenvalue weighted by Crippen LogP contribution is 2.67. The molecule has 214 valence electrons. The minimum Gasteiger partial charge on any atom is -0.414 e. The molecule has 0 saturated heterocycles. The van der Waals surface area contributed by atoms with Gasteiger partial charge in [-0.2, -0.15) is 0 Å². The molecule has 9 atom stereocenters. The molecule has 2 nitrogen and oxygen atoms in total. The number of allylic oxidation sites excluding steroid dienone is 1. The average molecular weight is 547 g/mol. The molecule has 4 rings (SSSR count). The van der Waals surface area contributed by atoms with Gasteiger partial charge in [-0.15, -0.1) is 0 Å². The maximum absolute atomic E-state index is 6.64. The summed E-state index contributed by atoms with van der Waals surface area (Å²) in [7, 11) is -2.97. The van der Waals surface area contributed by atoms with Crippen LogP contribution in [0, 0.1) is 46.3 Å². The summed E-state index contributed by atoms with van der Waals surface area (Å²) in [4.78, 5) is 0. The van der Waals surface area contributed by atoms with Crippen LogP contribution in [0.1, 0.15) is 98.8 Å². The normalized spacial score (nSPS) is 40.0. The monoisotopic (exact) mass is 546 g/mol. The van der Waals surface area contributed by atoms with E-state index in [1.54, 1.807) is 5.57 Å². The molecule has 0 heterocycles. The van der Waals surface area contributed by atoms with E-state index >= 15 is 0 Å². The quantitative estimate of drug-likeness (QED) is 0.211. The van der Waals surface area contributed by atoms with E-state index in [9.17, 15) is 0 Å². The van der Waals surface area contributed by atoms with Crippen LogP contribution in [0.25, 0.3) is 0 Å². The summed E-state index contributed by atoms with van der Waals surface area (Å²) in [6.07, 6.45) is 17.3. The Hall–Kier alpha value is 0.0938. The summed E-state index contributed by atoms with van der Waals surface area (Å²) in [6, 6.07) is 0. The average Bonchev–Trinajstić information content (AvgIpc) is 3.12. The van der Waals surface area contributed by atoms with Gasteiger partial charge in [0, 0.05) is 12.2 Å². The van der Waals surface area contributed by atoms with Gasteiger partial charge in [-0.1, -0.05) is 46.3 Å². The molecule has 4 heteroatoms. The van der Waals surface area contributed by atoms with E-state index in [4.69, 9.17) is 8.85 Å². The lowest BCUT2D eigenvalue weighted by atomic mass is 9.47. The smallest absolute Gasteiger partial charge is 0.184 e. The highest BCUT2D eigenvalue weighted by atomic mass is 28.4. The SMILES string of the molecule is CC(C)C(CCC(C)C1CCC2C3CC=C4CC(O[Si](C)(C)C)CCC4(C)C3CCC12C)O[Si](C)(C)C. The van der Waals surface area contributed by atoms with E-state index < -0.39 is 16.6 Å². The molecule has 0 amide bonds. The van der Waals surface area contributed by atoms with Crippen LogP contribution in [-0.2, 0) is 8.85 Å². The largest absolute Gasteiger partial charge is 0.414 e. The van der Waals surface area contributed by atoms with Crippen LogP contribution in [0.2, 0.25) is 39.3 Å². The molecule has 0 aromatic heterocycles. The van der Waals surface area contributed by atoms with Crippen molar-refractivity contribution in [3.8, 4) is 0 Å². The van der Waals surface area contributed by atoms with Crippen LogP contribution in [-0.4, -0.2) is 28.8 Å². The summed E-state index contributed by atoms with van der Waals surface area (Å²) in [5.41, 5.74) is 2.76. The zero-order chi connectivity index (χ0) is 27.4. The maximum atomic E-state index is 6.64. The van der Waals surface area contributed by atoms with Gasteiger partial charge in [0.2, 0.25) is 0 Å². The van der Waals surface area contributed by atoms with Crippen LogP contribution in [0.15, 0.2) is 11.6 Å². The first kappa shape index (κ1) is 30.1. The molecular weight excluding hydrogens is 485 g/mol. The lowest BCUT2D eigenvalue weighted by molar-refractivity contribution is -0.0568. The number of hydrogen-bond acceptors (Lipinski definition) is 2. The molecule has 0 aliphatic heterocycles. The van der Waals surface area contributed by atoms with E-state index in [-0.39, 0.29) is 0 Å². The molecule has 3 saturated carbocycles. The van der Waals surface area contributed by atoms with Crippen molar-refractivity contribution in [1.29, 1.82) is 0 Å². The van der Waals surface area contributed by atoms with Crippen molar-refractivity contribution in [2.24, 2.45) is 46.3 Å². The van der Waals surface area contributed by atoms with Gasteiger partial charge in [-0.3, -0.25) is 0 Å². The van der Waals surface area contributed by atoms with Gasteiger partial charge in [0.1, 0.15) is 0 Å². The second-order valence-corrected chi connectivity index (χ2v) is 25.6. The van der Waals surface area contributed by atoms with E-state index in [1.165, 1.54) is 64.2 Å².